The number of carbonyl (C=O) groups is 2. The first kappa shape index (κ1) is 13.1. The van der Waals surface area contributed by atoms with E-state index in [1.54, 1.807) is 6.92 Å². The fraction of sp³-hybridized carbons (Fsp3) is 0.273. The van der Waals surface area contributed by atoms with Crippen molar-refractivity contribution in [2.75, 3.05) is 0 Å². The first-order chi connectivity index (χ1) is 8.09. The summed E-state index contributed by atoms with van der Waals surface area (Å²) in [5.41, 5.74) is 8.30. The van der Waals surface area contributed by atoms with Gasteiger partial charge in [-0.05, 0) is 12.5 Å². The Morgan fingerprint density at radius 3 is 2.59 bits per heavy atom. The molecule has 0 fully saturated rings. The molecule has 0 aliphatic carbocycles. The number of benzene rings is 1. The predicted octanol–water partition coefficient (Wildman–Crippen LogP) is 0.291. The van der Waals surface area contributed by atoms with E-state index in [-0.39, 0.29) is 0 Å². The lowest BCUT2D eigenvalue weighted by Gasteiger charge is -2.12. The van der Waals surface area contributed by atoms with Crippen LogP contribution in [0.3, 0.4) is 0 Å². The highest BCUT2D eigenvalue weighted by molar-refractivity contribution is 5.95. The Bertz CT molecular complexity index is 381. The molecule has 1 unspecified atom stereocenters. The predicted molar refractivity (Wildman–Crippen MR) is 61.6 cm³/mol. The molecule has 3 amide bonds. The van der Waals surface area contributed by atoms with E-state index >= 15 is 0 Å². The van der Waals surface area contributed by atoms with Crippen LogP contribution in [0.25, 0.3) is 0 Å². The number of urea groups is 1. The number of nitrogens with two attached hydrogens (primary N) is 1. The molecule has 1 aromatic rings. The average molecular weight is 237 g/mol. The molecule has 0 saturated heterocycles. The number of carbonyl (C=O) groups excluding carboxylic acids is 2. The summed E-state index contributed by atoms with van der Waals surface area (Å²) in [6, 6.07) is 7.94. The highest BCUT2D eigenvalue weighted by Crippen LogP contribution is 1.99. The number of hydrogen-bond acceptors (Lipinski definition) is 4. The van der Waals surface area contributed by atoms with Crippen LogP contribution in [0, 0.1) is 0 Å². The van der Waals surface area contributed by atoms with Crippen LogP contribution < -0.4 is 16.5 Å². The second-order valence-electron chi connectivity index (χ2n) is 3.47. The average Bonchev–Trinajstić information content (AvgIpc) is 2.29. The van der Waals surface area contributed by atoms with Gasteiger partial charge in [0.25, 0.3) is 0 Å². The van der Waals surface area contributed by atoms with Gasteiger partial charge in [0.05, 0.1) is 6.61 Å². The normalized spacial score (nSPS) is 11.8. The topological polar surface area (TPSA) is 93.4 Å². The summed E-state index contributed by atoms with van der Waals surface area (Å²) in [5.74, 6) is -0.537. The Morgan fingerprint density at radius 1 is 1.35 bits per heavy atom. The van der Waals surface area contributed by atoms with E-state index in [9.17, 15) is 9.59 Å². The molecule has 6 heteroatoms. The maximum absolute atomic E-state index is 11.2. The zero-order valence-corrected chi connectivity index (χ0v) is 9.47. The largest absolute Gasteiger partial charge is 0.351 e. The summed E-state index contributed by atoms with van der Waals surface area (Å²) in [5, 5.41) is 1.95. The zero-order chi connectivity index (χ0) is 12.7. The van der Waals surface area contributed by atoms with Crippen LogP contribution in [0.2, 0.25) is 0 Å². The number of hydrogen-bond donors (Lipinski definition) is 3. The van der Waals surface area contributed by atoms with Gasteiger partial charge in [-0.2, -0.15) is 5.48 Å². The Hall–Kier alpha value is -1.92. The molecule has 17 heavy (non-hydrogen) atoms. The first-order valence-electron chi connectivity index (χ1n) is 5.11. The van der Waals surface area contributed by atoms with Crippen LogP contribution >= 0.6 is 0 Å². The van der Waals surface area contributed by atoms with Gasteiger partial charge in [-0.1, -0.05) is 30.3 Å². The third-order valence-corrected chi connectivity index (χ3v) is 1.98. The molecule has 1 atom stereocenters. The fourth-order valence-corrected chi connectivity index (χ4v) is 1.11. The lowest BCUT2D eigenvalue weighted by molar-refractivity contribution is -0.126. The monoisotopic (exact) mass is 237 g/mol. The minimum Gasteiger partial charge on any atom is -0.351 e. The molecule has 1 aromatic carbocycles. The smallest absolute Gasteiger partial charge is 0.318 e. The molecule has 92 valence electrons. The maximum Gasteiger partial charge on any atom is 0.318 e. The third-order valence-electron chi connectivity index (χ3n) is 1.98. The summed E-state index contributed by atoms with van der Waals surface area (Å²) in [4.78, 5) is 26.8. The number of rotatable bonds is 5. The summed E-state index contributed by atoms with van der Waals surface area (Å²) >= 11 is 0. The van der Waals surface area contributed by atoms with Gasteiger partial charge in [-0.25, -0.2) is 4.79 Å². The molecule has 0 bridgehead atoms. The standard InChI is InChI=1S/C11H15N3O3/c1-8(10(15)13-11(12)16)14-17-7-9-5-3-2-4-6-9/h2-6,8,14H,7H2,1H3,(H3,12,13,15,16). The Kier molecular flexibility index (Phi) is 5.12. The molecule has 0 heterocycles. The molecule has 4 N–H and O–H groups in total. The van der Waals surface area contributed by atoms with Gasteiger partial charge in [0.1, 0.15) is 6.04 Å². The summed E-state index contributed by atoms with van der Waals surface area (Å²) in [6.45, 7) is 1.89. The number of imide groups is 1. The van der Waals surface area contributed by atoms with Crippen LogP contribution in [-0.4, -0.2) is 18.0 Å². The molecule has 0 aromatic heterocycles. The van der Waals surface area contributed by atoms with E-state index in [0.29, 0.717) is 6.61 Å². The summed E-state index contributed by atoms with van der Waals surface area (Å²) in [6.07, 6.45) is 0. The Morgan fingerprint density at radius 2 is 2.00 bits per heavy atom. The maximum atomic E-state index is 11.2. The first-order valence-corrected chi connectivity index (χ1v) is 5.11. The van der Waals surface area contributed by atoms with Crippen molar-refractivity contribution in [1.29, 1.82) is 0 Å². The molecule has 0 radical (unpaired) electrons. The van der Waals surface area contributed by atoms with Crippen LogP contribution in [0.4, 0.5) is 4.79 Å². The van der Waals surface area contributed by atoms with E-state index in [1.165, 1.54) is 0 Å². The molecular weight excluding hydrogens is 222 g/mol. The van der Waals surface area contributed by atoms with Crippen molar-refractivity contribution in [1.82, 2.24) is 10.8 Å². The Balaban J connectivity index is 2.27. The summed E-state index contributed by atoms with van der Waals surface area (Å²) in [7, 11) is 0. The summed E-state index contributed by atoms with van der Waals surface area (Å²) < 4.78 is 0. The minimum atomic E-state index is -0.883. The Labute approximate surface area is 99.1 Å². The molecular formula is C11H15N3O3. The lowest BCUT2D eigenvalue weighted by atomic mass is 10.2. The van der Waals surface area contributed by atoms with Gasteiger partial charge in [-0.15, -0.1) is 0 Å². The van der Waals surface area contributed by atoms with Crippen LogP contribution in [-0.2, 0) is 16.2 Å². The second-order valence-corrected chi connectivity index (χ2v) is 3.47. The highest BCUT2D eigenvalue weighted by Gasteiger charge is 2.13. The molecule has 0 spiro atoms. The molecule has 6 nitrogen and oxygen atoms in total. The molecule has 0 aliphatic rings. The van der Waals surface area contributed by atoms with Crippen molar-refractivity contribution in [3.05, 3.63) is 35.9 Å². The van der Waals surface area contributed by atoms with Gasteiger partial charge in [-0.3, -0.25) is 14.9 Å². The van der Waals surface area contributed by atoms with Gasteiger partial charge < -0.3 is 5.73 Å². The SMILES string of the molecule is CC(NOCc1ccccc1)C(=O)NC(N)=O. The van der Waals surface area contributed by atoms with Crippen molar-refractivity contribution in [3.63, 3.8) is 0 Å². The van der Waals surface area contributed by atoms with E-state index in [0.717, 1.165) is 5.56 Å². The minimum absolute atomic E-state index is 0.328. The second kappa shape index (κ2) is 6.62. The van der Waals surface area contributed by atoms with E-state index in [4.69, 9.17) is 10.6 Å². The van der Waals surface area contributed by atoms with Crippen LogP contribution in [0.1, 0.15) is 12.5 Å². The number of nitrogens with one attached hydrogen (secondary N) is 2. The third kappa shape index (κ3) is 5.10. The van der Waals surface area contributed by atoms with Gasteiger partial charge in [0, 0.05) is 0 Å². The van der Waals surface area contributed by atoms with Crippen LogP contribution in [0.15, 0.2) is 30.3 Å². The van der Waals surface area contributed by atoms with E-state index < -0.39 is 18.0 Å². The van der Waals surface area contributed by atoms with E-state index in [2.05, 4.69) is 5.48 Å². The fourth-order valence-electron chi connectivity index (χ4n) is 1.11. The quantitative estimate of drug-likeness (QED) is 0.642. The van der Waals surface area contributed by atoms with Gasteiger partial charge >= 0.3 is 6.03 Å². The van der Waals surface area contributed by atoms with Crippen LogP contribution in [0.5, 0.6) is 0 Å². The molecule has 1 rings (SSSR count). The van der Waals surface area contributed by atoms with Crippen molar-refractivity contribution in [2.24, 2.45) is 5.73 Å². The lowest BCUT2D eigenvalue weighted by Crippen LogP contribution is -2.46. The number of hydroxylamine groups is 1. The zero-order valence-electron chi connectivity index (χ0n) is 9.47. The highest BCUT2D eigenvalue weighted by atomic mass is 16.6. The van der Waals surface area contributed by atoms with Crippen molar-refractivity contribution in [3.8, 4) is 0 Å². The molecule has 0 aliphatic heterocycles. The van der Waals surface area contributed by atoms with Crippen molar-refractivity contribution < 1.29 is 14.4 Å². The molecule has 0 saturated carbocycles. The number of primary amides is 1. The van der Waals surface area contributed by atoms with E-state index in [1.807, 2.05) is 35.6 Å². The van der Waals surface area contributed by atoms with Crippen molar-refractivity contribution >= 4 is 11.9 Å². The van der Waals surface area contributed by atoms with Crippen molar-refractivity contribution in [2.45, 2.75) is 19.6 Å². The van der Waals surface area contributed by atoms with Gasteiger partial charge in [0.15, 0.2) is 0 Å². The number of amides is 3. The van der Waals surface area contributed by atoms with Gasteiger partial charge in [0.2, 0.25) is 5.91 Å².